The molecule has 1 heterocycles. The van der Waals surface area contributed by atoms with Crippen LogP contribution in [0.25, 0.3) is 4.98 Å². The molecule has 0 bridgehead atoms. The van der Waals surface area contributed by atoms with E-state index in [1.807, 2.05) is 0 Å². The van der Waals surface area contributed by atoms with Gasteiger partial charge in [0.15, 0.2) is 11.2 Å². The molecule has 0 aromatic carbocycles. The number of hydrogen-bond acceptors (Lipinski definition) is 2. The lowest BCUT2D eigenvalue weighted by Gasteiger charge is -1.86. The lowest BCUT2D eigenvalue weighted by atomic mass is 10.4. The van der Waals surface area contributed by atoms with Crippen LogP contribution in [-0.4, -0.2) is 0 Å². The zero-order valence-corrected chi connectivity index (χ0v) is 4.56. The van der Waals surface area contributed by atoms with Crippen LogP contribution < -0.4 is 4.73 Å². The average molecular weight is 122 g/mol. The van der Waals surface area contributed by atoms with Crippen molar-refractivity contribution in [2.24, 2.45) is 0 Å². The number of rotatable bonds is 0. The second-order valence-corrected chi connectivity index (χ2v) is 1.52. The zero-order valence-electron chi connectivity index (χ0n) is 4.56. The Hall–Kier alpha value is -1.63. The van der Waals surface area contributed by atoms with Crippen molar-refractivity contribution >= 4 is 5.69 Å². The first kappa shape index (κ1) is 5.51. The van der Waals surface area contributed by atoms with Crippen LogP contribution in [-0.2, 0) is 0 Å². The molecule has 0 amide bonds. The molecular weight excluding hydrogens is 118 g/mol. The fourth-order valence-electron chi connectivity index (χ4n) is 0.502. The van der Waals surface area contributed by atoms with Crippen LogP contribution in [0.2, 0.25) is 0 Å². The SMILES string of the molecule is N#[N+]c1ccc[n+]([O-])c1. The van der Waals surface area contributed by atoms with E-state index in [0.29, 0.717) is 4.73 Å². The van der Waals surface area contributed by atoms with Crippen molar-refractivity contribution in [1.82, 2.24) is 0 Å². The monoisotopic (exact) mass is 122 g/mol. The van der Waals surface area contributed by atoms with E-state index in [1.165, 1.54) is 24.5 Å². The van der Waals surface area contributed by atoms with Crippen molar-refractivity contribution < 1.29 is 4.73 Å². The minimum absolute atomic E-state index is 0.257. The summed E-state index contributed by atoms with van der Waals surface area (Å²) in [5.74, 6) is 0. The van der Waals surface area contributed by atoms with Gasteiger partial charge in [-0.05, 0) is 0 Å². The highest BCUT2D eigenvalue weighted by atomic mass is 16.5. The first-order valence-corrected chi connectivity index (χ1v) is 2.37. The lowest BCUT2D eigenvalue weighted by molar-refractivity contribution is -0.604. The molecule has 0 aliphatic heterocycles. The van der Waals surface area contributed by atoms with Crippen molar-refractivity contribution in [3.8, 4) is 0 Å². The molecular formula is C5H4N3O+. The predicted octanol–water partition coefficient (Wildman–Crippen LogP) is 0.805. The summed E-state index contributed by atoms with van der Waals surface area (Å²) in [6.45, 7) is 0. The summed E-state index contributed by atoms with van der Waals surface area (Å²) >= 11 is 0. The number of hydrogen-bond donors (Lipinski definition) is 0. The van der Waals surface area contributed by atoms with Gasteiger partial charge < -0.3 is 5.21 Å². The smallest absolute Gasteiger partial charge is 0.448 e. The maximum absolute atomic E-state index is 10.4. The van der Waals surface area contributed by atoms with E-state index in [1.54, 1.807) is 0 Å². The Kier molecular flexibility index (Phi) is 1.28. The topological polar surface area (TPSA) is 55.1 Å². The first-order valence-electron chi connectivity index (χ1n) is 2.37. The van der Waals surface area contributed by atoms with Crippen molar-refractivity contribution in [2.45, 2.75) is 0 Å². The summed E-state index contributed by atoms with van der Waals surface area (Å²) in [5.41, 5.74) is 0.257. The van der Waals surface area contributed by atoms with Crippen LogP contribution in [0.5, 0.6) is 0 Å². The maximum atomic E-state index is 10.4. The first-order chi connectivity index (χ1) is 4.33. The summed E-state index contributed by atoms with van der Waals surface area (Å²) < 4.78 is 0.565. The van der Waals surface area contributed by atoms with Gasteiger partial charge in [0, 0.05) is 12.1 Å². The summed E-state index contributed by atoms with van der Waals surface area (Å²) in [5, 5.41) is 18.5. The Labute approximate surface area is 51.6 Å². The van der Waals surface area contributed by atoms with Gasteiger partial charge in [-0.25, -0.2) is 0 Å². The molecule has 0 saturated heterocycles. The molecule has 1 aromatic heterocycles. The Morgan fingerprint density at radius 1 is 1.67 bits per heavy atom. The summed E-state index contributed by atoms with van der Waals surface area (Å²) in [7, 11) is 0. The number of aromatic nitrogens is 1. The molecule has 0 atom stereocenters. The molecule has 0 radical (unpaired) electrons. The number of nitrogens with zero attached hydrogens (tertiary/aromatic N) is 3. The van der Waals surface area contributed by atoms with Crippen LogP contribution in [0.1, 0.15) is 0 Å². The van der Waals surface area contributed by atoms with E-state index in [-0.39, 0.29) is 5.69 Å². The standard InChI is InChI=1S/C5H4N3O/c6-7-5-2-1-3-8(9)4-5/h1-4H/q+1. The third-order valence-electron chi connectivity index (χ3n) is 0.875. The lowest BCUT2D eigenvalue weighted by Crippen LogP contribution is -2.23. The second kappa shape index (κ2) is 2.09. The molecule has 1 rings (SSSR count). The molecule has 0 N–H and O–H groups in total. The molecule has 0 spiro atoms. The van der Waals surface area contributed by atoms with Gasteiger partial charge in [0.25, 0.3) is 6.20 Å². The minimum Gasteiger partial charge on any atom is -0.618 e. The normalized spacial score (nSPS) is 8.33. The van der Waals surface area contributed by atoms with Gasteiger partial charge >= 0.3 is 5.69 Å². The quantitative estimate of drug-likeness (QED) is 0.290. The molecule has 0 fully saturated rings. The van der Waals surface area contributed by atoms with Crippen LogP contribution in [0.3, 0.4) is 0 Å². The summed E-state index contributed by atoms with van der Waals surface area (Å²) in [4.78, 5) is 2.81. The largest absolute Gasteiger partial charge is 0.618 e. The van der Waals surface area contributed by atoms with Gasteiger partial charge in [-0.15, -0.1) is 0 Å². The van der Waals surface area contributed by atoms with Gasteiger partial charge in [-0.3, -0.25) is 0 Å². The molecule has 9 heavy (non-hydrogen) atoms. The van der Waals surface area contributed by atoms with Crippen molar-refractivity contribution in [3.05, 3.63) is 34.7 Å². The summed E-state index contributed by atoms with van der Waals surface area (Å²) in [6.07, 6.45) is 2.48. The molecule has 4 nitrogen and oxygen atoms in total. The van der Waals surface area contributed by atoms with Crippen molar-refractivity contribution in [1.29, 1.82) is 5.39 Å². The second-order valence-electron chi connectivity index (χ2n) is 1.52. The van der Waals surface area contributed by atoms with Crippen molar-refractivity contribution in [2.75, 3.05) is 0 Å². The van der Waals surface area contributed by atoms with Gasteiger partial charge in [0.05, 0.1) is 0 Å². The third-order valence-corrected chi connectivity index (χ3v) is 0.875. The fourth-order valence-corrected chi connectivity index (χ4v) is 0.502. The van der Waals surface area contributed by atoms with E-state index >= 15 is 0 Å². The highest BCUT2D eigenvalue weighted by Crippen LogP contribution is 2.04. The van der Waals surface area contributed by atoms with E-state index in [2.05, 4.69) is 4.98 Å². The molecule has 44 valence electrons. The zero-order chi connectivity index (χ0) is 6.69. The van der Waals surface area contributed by atoms with Crippen LogP contribution >= 0.6 is 0 Å². The molecule has 4 heteroatoms. The van der Waals surface area contributed by atoms with Gasteiger partial charge in [0.1, 0.15) is 0 Å². The van der Waals surface area contributed by atoms with E-state index in [9.17, 15) is 5.21 Å². The number of pyridine rings is 1. The van der Waals surface area contributed by atoms with Gasteiger partial charge in [-0.2, -0.15) is 4.73 Å². The Morgan fingerprint density at radius 3 is 2.89 bits per heavy atom. The number of diazo groups is 1. The van der Waals surface area contributed by atoms with E-state index < -0.39 is 0 Å². The summed E-state index contributed by atoms with van der Waals surface area (Å²) in [6, 6.07) is 3.02. The van der Waals surface area contributed by atoms with Crippen LogP contribution in [0, 0.1) is 10.6 Å². The average Bonchev–Trinajstić information content (AvgIpc) is 1.88. The minimum atomic E-state index is 0.257. The molecule has 0 saturated carbocycles. The molecule has 0 aliphatic carbocycles. The van der Waals surface area contributed by atoms with E-state index in [0.717, 1.165) is 0 Å². The maximum Gasteiger partial charge on any atom is 0.448 e. The predicted molar refractivity (Wildman–Crippen MR) is 30.1 cm³/mol. The molecule has 0 unspecified atom stereocenters. The van der Waals surface area contributed by atoms with Crippen LogP contribution in [0.15, 0.2) is 24.5 Å². The Morgan fingerprint density at radius 2 is 2.44 bits per heavy atom. The molecule has 1 aromatic rings. The van der Waals surface area contributed by atoms with E-state index in [4.69, 9.17) is 5.39 Å². The Balaban J connectivity index is 3.12. The fraction of sp³-hybridized carbons (Fsp3) is 0. The highest BCUT2D eigenvalue weighted by Gasteiger charge is 2.05. The van der Waals surface area contributed by atoms with Crippen LogP contribution in [0.4, 0.5) is 5.69 Å². The molecule has 0 aliphatic rings. The third kappa shape index (κ3) is 1.13. The van der Waals surface area contributed by atoms with Gasteiger partial charge in [0.2, 0.25) is 5.39 Å². The van der Waals surface area contributed by atoms with Crippen molar-refractivity contribution in [3.63, 3.8) is 0 Å². The highest BCUT2D eigenvalue weighted by molar-refractivity contribution is 5.37. The van der Waals surface area contributed by atoms with Gasteiger partial charge in [-0.1, -0.05) is 0 Å². The Bertz CT molecular complexity index is 253.